The van der Waals surface area contributed by atoms with E-state index in [0.29, 0.717) is 24.0 Å². The minimum absolute atomic E-state index is 0.339. The Hall–Kier alpha value is -0.410. The van der Waals surface area contributed by atoms with Crippen LogP contribution in [0.25, 0.3) is 0 Å². The molecule has 0 N–H and O–H groups in total. The lowest BCUT2D eigenvalue weighted by atomic mass is 9.92. The lowest BCUT2D eigenvalue weighted by molar-refractivity contribution is -0.123. The van der Waals surface area contributed by atoms with Crippen LogP contribution in [0.15, 0.2) is 0 Å². The number of nitrogens with zero attached hydrogens (tertiary/aromatic N) is 1. The predicted octanol–water partition coefficient (Wildman–Crippen LogP) is 1.61. The molecule has 15 heavy (non-hydrogen) atoms. The molecular formula is C12H21NO2. The Morgan fingerprint density at radius 2 is 1.67 bits per heavy atom. The number of Topliss-reactive ketones (excluding diaryl/α,β-unsaturated/α-hetero) is 1. The van der Waals surface area contributed by atoms with Crippen LogP contribution in [0, 0.1) is 0 Å². The van der Waals surface area contributed by atoms with Crippen molar-refractivity contribution in [2.45, 2.75) is 57.8 Å². The highest BCUT2D eigenvalue weighted by Gasteiger charge is 2.30. The van der Waals surface area contributed by atoms with Gasteiger partial charge in [-0.25, -0.2) is 0 Å². The van der Waals surface area contributed by atoms with Crippen LogP contribution in [0.4, 0.5) is 0 Å². The minimum atomic E-state index is 0.339. The molecule has 1 aliphatic carbocycles. The fraction of sp³-hybridized carbons (Fsp3) is 0.917. The Balaban J connectivity index is 1.89. The standard InChI is InChI=1S/C12H21NO2/c1-9-7-13(8-10(2)15-9)11-3-5-12(14)6-4-11/h9-11H,3-8H2,1-2H3/t9-,10+. The normalized spacial score (nSPS) is 35.7. The van der Waals surface area contributed by atoms with E-state index in [0.717, 1.165) is 38.8 Å². The van der Waals surface area contributed by atoms with Crippen LogP contribution in [0.2, 0.25) is 0 Å². The van der Waals surface area contributed by atoms with Crippen LogP contribution in [-0.4, -0.2) is 42.0 Å². The molecule has 3 nitrogen and oxygen atoms in total. The molecule has 1 heterocycles. The molecule has 0 aromatic rings. The minimum Gasteiger partial charge on any atom is -0.373 e. The fourth-order valence-electron chi connectivity index (χ4n) is 2.81. The summed E-state index contributed by atoms with van der Waals surface area (Å²) in [5.74, 6) is 0.445. The summed E-state index contributed by atoms with van der Waals surface area (Å²) < 4.78 is 5.72. The van der Waals surface area contributed by atoms with Gasteiger partial charge < -0.3 is 4.74 Å². The average Bonchev–Trinajstić information content (AvgIpc) is 2.17. The van der Waals surface area contributed by atoms with E-state index in [2.05, 4.69) is 18.7 Å². The zero-order valence-corrected chi connectivity index (χ0v) is 9.74. The maximum atomic E-state index is 11.2. The van der Waals surface area contributed by atoms with Crippen molar-refractivity contribution in [3.63, 3.8) is 0 Å². The monoisotopic (exact) mass is 211 g/mol. The first-order valence-electron chi connectivity index (χ1n) is 6.06. The van der Waals surface area contributed by atoms with Gasteiger partial charge in [-0.15, -0.1) is 0 Å². The van der Waals surface area contributed by atoms with E-state index in [9.17, 15) is 4.79 Å². The van der Waals surface area contributed by atoms with Crippen molar-refractivity contribution in [2.24, 2.45) is 0 Å². The quantitative estimate of drug-likeness (QED) is 0.660. The van der Waals surface area contributed by atoms with Gasteiger partial charge in [-0.3, -0.25) is 9.69 Å². The van der Waals surface area contributed by atoms with Gasteiger partial charge >= 0.3 is 0 Å². The van der Waals surface area contributed by atoms with E-state index in [4.69, 9.17) is 4.74 Å². The highest BCUT2D eigenvalue weighted by Crippen LogP contribution is 2.23. The van der Waals surface area contributed by atoms with E-state index < -0.39 is 0 Å². The Morgan fingerprint density at radius 3 is 2.20 bits per heavy atom. The van der Waals surface area contributed by atoms with E-state index in [1.165, 1.54) is 0 Å². The highest BCUT2D eigenvalue weighted by molar-refractivity contribution is 5.79. The predicted molar refractivity (Wildman–Crippen MR) is 58.8 cm³/mol. The van der Waals surface area contributed by atoms with Gasteiger partial charge in [0.2, 0.25) is 0 Å². The van der Waals surface area contributed by atoms with Gasteiger partial charge in [0.05, 0.1) is 12.2 Å². The summed E-state index contributed by atoms with van der Waals surface area (Å²) in [6.07, 6.45) is 4.35. The van der Waals surface area contributed by atoms with E-state index >= 15 is 0 Å². The van der Waals surface area contributed by atoms with Crippen LogP contribution in [0.5, 0.6) is 0 Å². The number of carbonyl (C=O) groups excluding carboxylic acids is 1. The van der Waals surface area contributed by atoms with Crippen molar-refractivity contribution in [2.75, 3.05) is 13.1 Å². The lowest BCUT2D eigenvalue weighted by Crippen LogP contribution is -2.50. The topological polar surface area (TPSA) is 29.5 Å². The van der Waals surface area contributed by atoms with E-state index in [-0.39, 0.29) is 0 Å². The van der Waals surface area contributed by atoms with Gasteiger partial charge in [-0.2, -0.15) is 0 Å². The first-order valence-corrected chi connectivity index (χ1v) is 6.06. The van der Waals surface area contributed by atoms with Crippen molar-refractivity contribution in [1.82, 2.24) is 4.90 Å². The van der Waals surface area contributed by atoms with Crippen LogP contribution < -0.4 is 0 Å². The Morgan fingerprint density at radius 1 is 1.13 bits per heavy atom. The third-order valence-corrected chi connectivity index (χ3v) is 3.48. The van der Waals surface area contributed by atoms with Gasteiger partial charge in [0.1, 0.15) is 5.78 Å². The molecule has 0 spiro atoms. The maximum Gasteiger partial charge on any atom is 0.133 e. The zero-order chi connectivity index (χ0) is 10.8. The molecule has 0 amide bonds. The third-order valence-electron chi connectivity index (χ3n) is 3.48. The Kier molecular flexibility index (Phi) is 3.42. The van der Waals surface area contributed by atoms with Crippen molar-refractivity contribution in [3.05, 3.63) is 0 Å². The summed E-state index contributed by atoms with van der Waals surface area (Å²) in [5.41, 5.74) is 0. The lowest BCUT2D eigenvalue weighted by Gasteiger charge is -2.41. The van der Waals surface area contributed by atoms with Gasteiger partial charge in [0, 0.05) is 32.0 Å². The molecule has 0 unspecified atom stereocenters. The highest BCUT2D eigenvalue weighted by atomic mass is 16.5. The number of rotatable bonds is 1. The van der Waals surface area contributed by atoms with Crippen molar-refractivity contribution < 1.29 is 9.53 Å². The second-order valence-corrected chi connectivity index (χ2v) is 4.98. The summed E-state index contributed by atoms with van der Waals surface area (Å²) in [7, 11) is 0. The van der Waals surface area contributed by atoms with Crippen LogP contribution in [0.3, 0.4) is 0 Å². The summed E-state index contributed by atoms with van der Waals surface area (Å²) in [4.78, 5) is 13.7. The first kappa shape index (κ1) is 11.1. The summed E-state index contributed by atoms with van der Waals surface area (Å²) in [5, 5.41) is 0. The summed E-state index contributed by atoms with van der Waals surface area (Å²) in [6.45, 7) is 6.33. The number of hydrogen-bond donors (Lipinski definition) is 0. The molecule has 0 radical (unpaired) electrons. The molecule has 3 heteroatoms. The Labute approximate surface area is 91.8 Å². The molecule has 1 aliphatic heterocycles. The molecule has 0 aromatic carbocycles. The second kappa shape index (κ2) is 4.62. The Bertz CT molecular complexity index is 222. The third kappa shape index (κ3) is 2.79. The van der Waals surface area contributed by atoms with Crippen molar-refractivity contribution >= 4 is 5.78 Å². The molecule has 1 saturated heterocycles. The molecule has 2 aliphatic rings. The largest absolute Gasteiger partial charge is 0.373 e. The first-order chi connectivity index (χ1) is 7.15. The van der Waals surface area contributed by atoms with Crippen LogP contribution in [-0.2, 0) is 9.53 Å². The number of carbonyl (C=O) groups is 1. The fourth-order valence-corrected chi connectivity index (χ4v) is 2.81. The van der Waals surface area contributed by atoms with Gasteiger partial charge in [-0.1, -0.05) is 0 Å². The molecule has 0 bridgehead atoms. The molecule has 2 atom stereocenters. The molecule has 1 saturated carbocycles. The molecule has 2 rings (SSSR count). The molecular weight excluding hydrogens is 190 g/mol. The van der Waals surface area contributed by atoms with Crippen molar-refractivity contribution in [1.29, 1.82) is 0 Å². The average molecular weight is 211 g/mol. The molecule has 2 fully saturated rings. The number of hydrogen-bond acceptors (Lipinski definition) is 3. The van der Waals surface area contributed by atoms with Gasteiger partial charge in [-0.05, 0) is 26.7 Å². The number of morpholine rings is 1. The number of ketones is 1. The van der Waals surface area contributed by atoms with Gasteiger partial charge in [0.15, 0.2) is 0 Å². The van der Waals surface area contributed by atoms with E-state index in [1.54, 1.807) is 0 Å². The summed E-state index contributed by atoms with van der Waals surface area (Å²) in [6, 6.07) is 0.622. The second-order valence-electron chi connectivity index (χ2n) is 4.98. The van der Waals surface area contributed by atoms with E-state index in [1.807, 2.05) is 0 Å². The SMILES string of the molecule is C[C@@H]1CN(C2CCC(=O)CC2)C[C@H](C)O1. The van der Waals surface area contributed by atoms with Gasteiger partial charge in [0.25, 0.3) is 0 Å². The summed E-state index contributed by atoms with van der Waals surface area (Å²) >= 11 is 0. The van der Waals surface area contributed by atoms with Crippen LogP contribution in [0.1, 0.15) is 39.5 Å². The van der Waals surface area contributed by atoms with Crippen molar-refractivity contribution in [3.8, 4) is 0 Å². The van der Waals surface area contributed by atoms with Crippen LogP contribution >= 0.6 is 0 Å². The maximum absolute atomic E-state index is 11.2. The smallest absolute Gasteiger partial charge is 0.133 e. The number of ether oxygens (including phenoxy) is 1. The zero-order valence-electron chi connectivity index (χ0n) is 9.74. The molecule has 0 aromatic heterocycles. The molecule has 86 valence electrons.